The van der Waals surface area contributed by atoms with Gasteiger partial charge in [-0.3, -0.25) is 4.79 Å². The molecule has 1 aliphatic carbocycles. The standard InChI is InChI=1S/C18H25NO/c1-12(2)15-9-16(15)13-5-7-14(8-6-13)17(20)19-10-18(3,4)11-19/h5-8,12,15-16H,9-11H2,1-4H3/t15-,16-/m1/s1. The molecule has 2 nitrogen and oxygen atoms in total. The van der Waals surface area contributed by atoms with Crippen LogP contribution in [0.1, 0.15) is 56.0 Å². The van der Waals surface area contributed by atoms with Gasteiger partial charge in [-0.15, -0.1) is 0 Å². The van der Waals surface area contributed by atoms with E-state index in [1.165, 1.54) is 12.0 Å². The Labute approximate surface area is 122 Å². The fraction of sp³-hybridized carbons (Fsp3) is 0.611. The normalized spacial score (nSPS) is 27.4. The summed E-state index contributed by atoms with van der Waals surface area (Å²) in [5.74, 6) is 2.52. The van der Waals surface area contributed by atoms with Crippen molar-refractivity contribution in [3.05, 3.63) is 35.4 Å². The fourth-order valence-corrected chi connectivity index (χ4v) is 3.52. The average Bonchev–Trinajstić information content (AvgIpc) is 3.15. The van der Waals surface area contributed by atoms with E-state index in [0.29, 0.717) is 5.41 Å². The van der Waals surface area contributed by atoms with Crippen LogP contribution in [0, 0.1) is 17.3 Å². The molecule has 1 heterocycles. The van der Waals surface area contributed by atoms with Crippen molar-refractivity contribution >= 4 is 5.91 Å². The first-order valence-electron chi connectivity index (χ1n) is 7.77. The van der Waals surface area contributed by atoms with Crippen LogP contribution in [0.3, 0.4) is 0 Å². The summed E-state index contributed by atoms with van der Waals surface area (Å²) in [4.78, 5) is 14.3. The Morgan fingerprint density at radius 3 is 2.25 bits per heavy atom. The molecule has 0 spiro atoms. The molecular weight excluding hydrogens is 246 g/mol. The molecule has 2 atom stereocenters. The number of rotatable bonds is 3. The van der Waals surface area contributed by atoms with Crippen molar-refractivity contribution in [2.45, 2.75) is 40.0 Å². The Kier molecular flexibility index (Phi) is 3.15. The number of amides is 1. The quantitative estimate of drug-likeness (QED) is 0.815. The zero-order valence-corrected chi connectivity index (χ0v) is 13.0. The lowest BCUT2D eigenvalue weighted by molar-refractivity contribution is 0.0236. The summed E-state index contributed by atoms with van der Waals surface area (Å²) < 4.78 is 0. The molecule has 0 unspecified atom stereocenters. The molecule has 0 aromatic heterocycles. The topological polar surface area (TPSA) is 20.3 Å². The Morgan fingerprint density at radius 2 is 1.80 bits per heavy atom. The van der Waals surface area contributed by atoms with E-state index in [0.717, 1.165) is 36.4 Å². The highest BCUT2D eigenvalue weighted by molar-refractivity contribution is 5.94. The number of benzene rings is 1. The molecule has 1 saturated heterocycles. The van der Waals surface area contributed by atoms with Gasteiger partial charge < -0.3 is 4.90 Å². The van der Waals surface area contributed by atoms with Gasteiger partial charge in [-0.1, -0.05) is 39.8 Å². The number of likely N-dealkylation sites (tertiary alicyclic amines) is 1. The molecule has 1 aromatic rings. The molecule has 2 heteroatoms. The minimum atomic E-state index is 0.187. The van der Waals surface area contributed by atoms with E-state index in [4.69, 9.17) is 0 Å². The number of carbonyl (C=O) groups excluding carboxylic acids is 1. The van der Waals surface area contributed by atoms with Crippen LogP contribution in [0.5, 0.6) is 0 Å². The van der Waals surface area contributed by atoms with Crippen LogP contribution < -0.4 is 0 Å². The molecule has 1 amide bonds. The maximum atomic E-state index is 12.3. The van der Waals surface area contributed by atoms with Crippen molar-refractivity contribution in [3.63, 3.8) is 0 Å². The van der Waals surface area contributed by atoms with Crippen LogP contribution in [0.25, 0.3) is 0 Å². The summed E-state index contributed by atoms with van der Waals surface area (Å²) in [5.41, 5.74) is 2.55. The van der Waals surface area contributed by atoms with Gasteiger partial charge in [0.05, 0.1) is 0 Å². The molecule has 0 N–H and O–H groups in total. The fourth-order valence-electron chi connectivity index (χ4n) is 3.52. The lowest BCUT2D eigenvalue weighted by Gasteiger charge is -2.45. The van der Waals surface area contributed by atoms with Crippen LogP contribution in [0.4, 0.5) is 0 Å². The van der Waals surface area contributed by atoms with Crippen molar-refractivity contribution in [1.29, 1.82) is 0 Å². The van der Waals surface area contributed by atoms with Crippen LogP contribution in [0.15, 0.2) is 24.3 Å². The highest BCUT2D eigenvalue weighted by Crippen LogP contribution is 2.51. The van der Waals surface area contributed by atoms with E-state index in [-0.39, 0.29) is 5.91 Å². The van der Waals surface area contributed by atoms with Crippen molar-refractivity contribution < 1.29 is 4.79 Å². The number of nitrogens with zero attached hydrogens (tertiary/aromatic N) is 1. The molecule has 0 radical (unpaired) electrons. The number of carbonyl (C=O) groups is 1. The third kappa shape index (κ3) is 2.48. The number of hydrogen-bond acceptors (Lipinski definition) is 1. The average molecular weight is 271 g/mol. The minimum absolute atomic E-state index is 0.187. The molecule has 2 fully saturated rings. The first-order chi connectivity index (χ1) is 9.37. The molecule has 0 bridgehead atoms. The van der Waals surface area contributed by atoms with Gasteiger partial charge in [0, 0.05) is 18.7 Å². The van der Waals surface area contributed by atoms with E-state index in [2.05, 4.69) is 39.8 Å². The summed E-state index contributed by atoms with van der Waals surface area (Å²) in [6.45, 7) is 10.8. The van der Waals surface area contributed by atoms with Crippen LogP contribution >= 0.6 is 0 Å². The van der Waals surface area contributed by atoms with Crippen LogP contribution in [-0.2, 0) is 0 Å². The SMILES string of the molecule is CC(C)[C@H]1C[C@@H]1c1ccc(C(=O)N2CC(C)(C)C2)cc1. The lowest BCUT2D eigenvalue weighted by atomic mass is 9.84. The zero-order valence-electron chi connectivity index (χ0n) is 13.0. The predicted octanol–water partition coefficient (Wildman–Crippen LogP) is 3.93. The third-order valence-corrected chi connectivity index (χ3v) is 4.81. The van der Waals surface area contributed by atoms with Crippen molar-refractivity contribution in [2.24, 2.45) is 17.3 Å². The predicted molar refractivity (Wildman–Crippen MR) is 81.8 cm³/mol. The Balaban J connectivity index is 1.64. The van der Waals surface area contributed by atoms with Crippen molar-refractivity contribution in [3.8, 4) is 0 Å². The van der Waals surface area contributed by atoms with Gasteiger partial charge in [-0.2, -0.15) is 0 Å². The van der Waals surface area contributed by atoms with Gasteiger partial charge in [0.15, 0.2) is 0 Å². The molecule has 3 rings (SSSR count). The maximum Gasteiger partial charge on any atom is 0.253 e. The minimum Gasteiger partial charge on any atom is -0.337 e. The van der Waals surface area contributed by atoms with E-state index in [9.17, 15) is 4.79 Å². The summed E-state index contributed by atoms with van der Waals surface area (Å²) >= 11 is 0. The monoisotopic (exact) mass is 271 g/mol. The maximum absolute atomic E-state index is 12.3. The summed E-state index contributed by atoms with van der Waals surface area (Å²) in [6, 6.07) is 8.34. The Bertz CT molecular complexity index is 507. The molecule has 1 aliphatic heterocycles. The van der Waals surface area contributed by atoms with Gasteiger partial charge in [-0.05, 0) is 47.3 Å². The smallest absolute Gasteiger partial charge is 0.253 e. The first-order valence-corrected chi connectivity index (χ1v) is 7.77. The van der Waals surface area contributed by atoms with E-state index in [1.807, 2.05) is 17.0 Å². The van der Waals surface area contributed by atoms with E-state index < -0.39 is 0 Å². The summed E-state index contributed by atoms with van der Waals surface area (Å²) in [7, 11) is 0. The second kappa shape index (κ2) is 4.61. The number of hydrogen-bond donors (Lipinski definition) is 0. The molecule has 1 aromatic carbocycles. The second-order valence-corrected chi connectivity index (χ2v) is 7.70. The lowest BCUT2D eigenvalue weighted by Crippen LogP contribution is -2.55. The van der Waals surface area contributed by atoms with Crippen molar-refractivity contribution in [2.75, 3.05) is 13.1 Å². The summed E-state index contributed by atoms with van der Waals surface area (Å²) in [5, 5.41) is 0. The molecule has 2 aliphatic rings. The van der Waals surface area contributed by atoms with Gasteiger partial charge in [0.25, 0.3) is 5.91 Å². The highest BCUT2D eigenvalue weighted by Gasteiger charge is 2.40. The van der Waals surface area contributed by atoms with Gasteiger partial charge >= 0.3 is 0 Å². The van der Waals surface area contributed by atoms with Gasteiger partial charge in [0.2, 0.25) is 0 Å². The van der Waals surface area contributed by atoms with E-state index in [1.54, 1.807) is 0 Å². The highest BCUT2D eigenvalue weighted by atomic mass is 16.2. The van der Waals surface area contributed by atoms with Crippen LogP contribution in [-0.4, -0.2) is 23.9 Å². The van der Waals surface area contributed by atoms with E-state index >= 15 is 0 Å². The molecule has 108 valence electrons. The second-order valence-electron chi connectivity index (χ2n) is 7.70. The van der Waals surface area contributed by atoms with Gasteiger partial charge in [-0.25, -0.2) is 0 Å². The summed E-state index contributed by atoms with van der Waals surface area (Å²) in [6.07, 6.45) is 1.31. The molecular formula is C18H25NO. The Hall–Kier alpha value is -1.31. The first kappa shape index (κ1) is 13.7. The van der Waals surface area contributed by atoms with Gasteiger partial charge in [0.1, 0.15) is 0 Å². The van der Waals surface area contributed by atoms with Crippen molar-refractivity contribution in [1.82, 2.24) is 4.90 Å². The third-order valence-electron chi connectivity index (χ3n) is 4.81. The largest absolute Gasteiger partial charge is 0.337 e. The zero-order chi connectivity index (χ0) is 14.5. The molecule has 20 heavy (non-hydrogen) atoms. The Morgan fingerprint density at radius 1 is 1.20 bits per heavy atom. The van der Waals surface area contributed by atoms with Crippen LogP contribution in [0.2, 0.25) is 0 Å². The molecule has 1 saturated carbocycles.